The van der Waals surface area contributed by atoms with Crippen LogP contribution < -0.4 is 10.1 Å². The third-order valence-corrected chi connectivity index (χ3v) is 6.36. The minimum atomic E-state index is -2.82. The zero-order chi connectivity index (χ0) is 25.0. The molecule has 3 heterocycles. The molecule has 2 fully saturated rings. The van der Waals surface area contributed by atoms with E-state index >= 15 is 0 Å². The number of ether oxygens (including phenoxy) is 3. The van der Waals surface area contributed by atoms with Gasteiger partial charge in [0.2, 0.25) is 13.7 Å². The Kier molecular flexibility index (Phi) is 7.48. The van der Waals surface area contributed by atoms with Crippen LogP contribution in [-0.4, -0.2) is 58.9 Å². The van der Waals surface area contributed by atoms with Crippen LogP contribution in [0.3, 0.4) is 0 Å². The summed E-state index contributed by atoms with van der Waals surface area (Å²) < 4.78 is 15.2. The monoisotopic (exact) mass is 491 g/mol. The van der Waals surface area contributed by atoms with Crippen LogP contribution in [0.4, 0.5) is 5.82 Å². The van der Waals surface area contributed by atoms with Crippen molar-refractivity contribution in [3.8, 4) is 29.1 Å². The molecule has 2 aliphatic rings. The second kappa shape index (κ2) is 10.5. The zero-order valence-corrected chi connectivity index (χ0v) is 19.7. The average Bonchev–Trinajstić information content (AvgIpc) is 3.59. The molecule has 2 aromatic rings. The lowest BCUT2D eigenvalue weighted by molar-refractivity contribution is -0.255. The molecule has 2 aromatic heterocycles. The van der Waals surface area contributed by atoms with Crippen molar-refractivity contribution >= 4 is 25.4 Å². The lowest BCUT2D eigenvalue weighted by Gasteiger charge is -2.25. The van der Waals surface area contributed by atoms with Gasteiger partial charge in [0.15, 0.2) is 0 Å². The van der Waals surface area contributed by atoms with Gasteiger partial charge in [0.05, 0.1) is 18.8 Å². The number of nitriles is 2. The molecule has 35 heavy (non-hydrogen) atoms. The van der Waals surface area contributed by atoms with E-state index in [1.807, 2.05) is 0 Å². The third kappa shape index (κ3) is 6.44. The van der Waals surface area contributed by atoms with E-state index in [9.17, 15) is 10.5 Å². The van der Waals surface area contributed by atoms with E-state index in [2.05, 4.69) is 32.2 Å². The molecule has 0 aromatic carbocycles. The van der Waals surface area contributed by atoms with Gasteiger partial charge in [0.25, 0.3) is 5.87 Å². The highest BCUT2D eigenvalue weighted by molar-refractivity contribution is 7.99. The van der Waals surface area contributed by atoms with Crippen molar-refractivity contribution in [3.63, 3.8) is 0 Å². The highest BCUT2D eigenvalue weighted by atomic mass is 32.2. The van der Waals surface area contributed by atoms with Gasteiger partial charge in [-0.15, -0.1) is 11.8 Å². The Hall–Kier alpha value is -3.29. The van der Waals surface area contributed by atoms with E-state index in [-0.39, 0.29) is 23.2 Å². The molecule has 0 amide bonds. The van der Waals surface area contributed by atoms with Gasteiger partial charge in [-0.05, 0) is 25.8 Å². The van der Waals surface area contributed by atoms with E-state index in [1.54, 1.807) is 12.1 Å². The fourth-order valence-corrected chi connectivity index (χ4v) is 4.31. The summed E-state index contributed by atoms with van der Waals surface area (Å²) in [6, 6.07) is 7.95. The SMILES string of the molecule is [B]C(O)(O)O/C(C)=C/Oc1ccc(-c2c(C#N)c(NC3CC3)nc(SCC3COC3)c2C#N)cn1. The summed E-state index contributed by atoms with van der Waals surface area (Å²) in [6.07, 6.45) is 4.62. The fourth-order valence-electron chi connectivity index (χ4n) is 3.27. The Labute approximate surface area is 208 Å². The summed E-state index contributed by atoms with van der Waals surface area (Å²) in [7, 11) is 4.96. The van der Waals surface area contributed by atoms with E-state index in [4.69, 9.17) is 27.5 Å². The summed E-state index contributed by atoms with van der Waals surface area (Å²) in [4.78, 5) is 8.90. The number of hydrogen-bond donors (Lipinski definition) is 3. The number of anilines is 1. The van der Waals surface area contributed by atoms with Crippen LogP contribution in [-0.2, 0) is 9.47 Å². The number of nitrogens with zero attached hydrogens (tertiary/aromatic N) is 4. The van der Waals surface area contributed by atoms with E-state index < -0.39 is 5.87 Å². The molecular formula is C23H22BN5O5S. The molecule has 2 radical (unpaired) electrons. The summed E-state index contributed by atoms with van der Waals surface area (Å²) in [5, 5.41) is 42.0. The van der Waals surface area contributed by atoms with Gasteiger partial charge in [0, 0.05) is 41.1 Å². The molecule has 3 N–H and O–H groups in total. The maximum absolute atomic E-state index is 10.0. The van der Waals surface area contributed by atoms with Crippen LogP contribution in [0.15, 0.2) is 35.4 Å². The van der Waals surface area contributed by atoms with Crippen LogP contribution >= 0.6 is 11.8 Å². The Balaban J connectivity index is 1.65. The largest absolute Gasteiger partial charge is 0.450 e. The number of aromatic nitrogens is 2. The molecule has 0 spiro atoms. The van der Waals surface area contributed by atoms with Gasteiger partial charge in [-0.2, -0.15) is 10.5 Å². The van der Waals surface area contributed by atoms with Crippen molar-refractivity contribution in [1.82, 2.24) is 9.97 Å². The predicted octanol–water partition coefficient (Wildman–Crippen LogP) is 2.22. The van der Waals surface area contributed by atoms with Gasteiger partial charge < -0.3 is 29.7 Å². The predicted molar refractivity (Wildman–Crippen MR) is 127 cm³/mol. The highest BCUT2D eigenvalue weighted by Crippen LogP contribution is 2.39. The number of aliphatic hydroxyl groups is 2. The van der Waals surface area contributed by atoms with Gasteiger partial charge in [0.1, 0.15) is 40.6 Å². The number of hydrogen-bond acceptors (Lipinski definition) is 11. The van der Waals surface area contributed by atoms with E-state index in [0.29, 0.717) is 46.7 Å². The van der Waals surface area contributed by atoms with Crippen LogP contribution in [0.1, 0.15) is 30.9 Å². The summed E-state index contributed by atoms with van der Waals surface area (Å²) in [5.74, 6) is -1.00. The number of thioether (sulfide) groups is 1. The van der Waals surface area contributed by atoms with Crippen molar-refractivity contribution in [2.75, 3.05) is 24.3 Å². The first-order valence-electron chi connectivity index (χ1n) is 10.8. The Morgan fingerprint density at radius 2 is 2.06 bits per heavy atom. The first-order valence-corrected chi connectivity index (χ1v) is 11.8. The topological polar surface area (TPSA) is 154 Å². The molecular weight excluding hydrogens is 469 g/mol. The highest BCUT2D eigenvalue weighted by Gasteiger charge is 2.28. The number of allylic oxidation sites excluding steroid dienone is 1. The smallest absolute Gasteiger partial charge is 0.259 e. The maximum atomic E-state index is 10.0. The summed E-state index contributed by atoms with van der Waals surface area (Å²) in [5.41, 5.74) is 1.62. The van der Waals surface area contributed by atoms with Crippen molar-refractivity contribution in [1.29, 1.82) is 10.5 Å². The minimum Gasteiger partial charge on any atom is -0.450 e. The molecule has 1 saturated heterocycles. The van der Waals surface area contributed by atoms with Crippen molar-refractivity contribution < 1.29 is 24.4 Å². The fraction of sp³-hybridized carbons (Fsp3) is 0.391. The van der Waals surface area contributed by atoms with Crippen molar-refractivity contribution in [2.45, 2.75) is 36.7 Å². The van der Waals surface area contributed by atoms with Crippen LogP contribution in [0.5, 0.6) is 5.88 Å². The molecule has 4 rings (SSSR count). The molecule has 1 aliphatic heterocycles. The summed E-state index contributed by atoms with van der Waals surface area (Å²) >= 11 is 1.48. The lowest BCUT2D eigenvalue weighted by Crippen LogP contribution is -2.31. The number of pyridine rings is 2. The summed E-state index contributed by atoms with van der Waals surface area (Å²) in [6.45, 7) is 2.80. The molecule has 10 nitrogen and oxygen atoms in total. The Morgan fingerprint density at radius 1 is 1.31 bits per heavy atom. The number of nitrogens with one attached hydrogen (secondary N) is 1. The molecule has 0 atom stereocenters. The maximum Gasteiger partial charge on any atom is 0.259 e. The molecule has 0 bridgehead atoms. The lowest BCUT2D eigenvalue weighted by atomic mass is 9.98. The van der Waals surface area contributed by atoms with E-state index in [1.165, 1.54) is 24.9 Å². The third-order valence-electron chi connectivity index (χ3n) is 5.15. The minimum absolute atomic E-state index is 0.00497. The molecule has 1 saturated carbocycles. The average molecular weight is 491 g/mol. The quantitative estimate of drug-likeness (QED) is 0.194. The molecule has 1 aliphatic carbocycles. The molecule has 12 heteroatoms. The second-order valence-corrected chi connectivity index (χ2v) is 9.25. The standard InChI is InChI=1S/C23H22BN5O5S/c1-13(34-23(24,30)31)9-33-19-5-2-15(8-27-19)20-17(6-25)21(28-16-3-4-16)29-22(18(20)7-26)35-12-14-10-32-11-14/h2,5,8-9,14,16,30-31H,3-4,10-12H2,1H3,(H,28,29)/b13-9+. The molecule has 178 valence electrons. The van der Waals surface area contributed by atoms with Gasteiger partial charge in [-0.1, -0.05) is 0 Å². The normalized spacial score (nSPS) is 16.1. The first kappa shape index (κ1) is 24.8. The van der Waals surface area contributed by atoms with E-state index in [0.717, 1.165) is 24.9 Å². The Bertz CT molecular complexity index is 1200. The number of rotatable bonds is 10. The Morgan fingerprint density at radius 3 is 2.60 bits per heavy atom. The van der Waals surface area contributed by atoms with Gasteiger partial charge >= 0.3 is 0 Å². The van der Waals surface area contributed by atoms with Crippen molar-refractivity contribution in [3.05, 3.63) is 41.5 Å². The van der Waals surface area contributed by atoms with Gasteiger partial charge in [-0.25, -0.2) is 9.97 Å². The second-order valence-electron chi connectivity index (χ2n) is 8.24. The zero-order valence-electron chi connectivity index (χ0n) is 18.9. The van der Waals surface area contributed by atoms with Crippen LogP contribution in [0, 0.1) is 28.6 Å². The van der Waals surface area contributed by atoms with Crippen LogP contribution in [0.2, 0.25) is 0 Å². The molecule has 0 unspecified atom stereocenters. The van der Waals surface area contributed by atoms with Gasteiger partial charge in [-0.3, -0.25) is 0 Å². The van der Waals surface area contributed by atoms with Crippen LogP contribution in [0.25, 0.3) is 11.1 Å². The van der Waals surface area contributed by atoms with Crippen molar-refractivity contribution in [2.24, 2.45) is 5.92 Å². The first-order chi connectivity index (χ1) is 16.8.